The zero-order valence-electron chi connectivity index (χ0n) is 11.8. The molecule has 0 aromatic carbocycles. The third kappa shape index (κ3) is 2.68. The molecule has 0 spiro atoms. The summed E-state index contributed by atoms with van der Waals surface area (Å²) in [6.07, 6.45) is 0.774. The summed E-state index contributed by atoms with van der Waals surface area (Å²) in [4.78, 5) is 32.5. The SMILES string of the molecule is Cc1nc(C)c(C(C)NC2CCN(C)C2=O)c(=O)[nH]1. The number of hydrogen-bond donors (Lipinski definition) is 2. The van der Waals surface area contributed by atoms with Crippen LogP contribution in [-0.4, -0.2) is 40.4 Å². The third-order valence-corrected chi connectivity index (χ3v) is 3.58. The molecule has 0 saturated carbocycles. The topological polar surface area (TPSA) is 78.1 Å². The first-order valence-corrected chi connectivity index (χ1v) is 6.48. The van der Waals surface area contributed by atoms with Crippen LogP contribution in [0, 0.1) is 13.8 Å². The van der Waals surface area contributed by atoms with Crippen LogP contribution < -0.4 is 10.9 Å². The van der Waals surface area contributed by atoms with Crippen LogP contribution in [0.3, 0.4) is 0 Å². The van der Waals surface area contributed by atoms with Crippen LogP contribution >= 0.6 is 0 Å². The lowest BCUT2D eigenvalue weighted by molar-refractivity contribution is -0.128. The molecular formula is C13H20N4O2. The molecule has 6 nitrogen and oxygen atoms in total. The predicted molar refractivity (Wildman–Crippen MR) is 71.9 cm³/mol. The Morgan fingerprint density at radius 3 is 2.63 bits per heavy atom. The van der Waals surface area contributed by atoms with Gasteiger partial charge in [0, 0.05) is 25.3 Å². The highest BCUT2D eigenvalue weighted by Crippen LogP contribution is 2.16. The number of likely N-dealkylation sites (tertiary alicyclic amines) is 1. The van der Waals surface area contributed by atoms with Gasteiger partial charge in [-0.25, -0.2) is 4.98 Å². The number of carbonyl (C=O) groups excluding carboxylic acids is 1. The van der Waals surface area contributed by atoms with Crippen molar-refractivity contribution in [1.82, 2.24) is 20.2 Å². The van der Waals surface area contributed by atoms with Crippen LogP contribution in [0.4, 0.5) is 0 Å². The highest BCUT2D eigenvalue weighted by molar-refractivity contribution is 5.83. The summed E-state index contributed by atoms with van der Waals surface area (Å²) in [6.45, 7) is 6.22. The first-order chi connectivity index (χ1) is 8.90. The van der Waals surface area contributed by atoms with Crippen molar-refractivity contribution in [2.45, 2.75) is 39.3 Å². The van der Waals surface area contributed by atoms with E-state index in [2.05, 4.69) is 15.3 Å². The van der Waals surface area contributed by atoms with Crippen molar-refractivity contribution < 1.29 is 4.79 Å². The minimum Gasteiger partial charge on any atom is -0.344 e. The van der Waals surface area contributed by atoms with Gasteiger partial charge < -0.3 is 9.88 Å². The van der Waals surface area contributed by atoms with E-state index in [-0.39, 0.29) is 23.6 Å². The van der Waals surface area contributed by atoms with Gasteiger partial charge in [-0.1, -0.05) is 0 Å². The number of hydrogen-bond acceptors (Lipinski definition) is 4. The van der Waals surface area contributed by atoms with E-state index in [1.54, 1.807) is 18.9 Å². The lowest BCUT2D eigenvalue weighted by Gasteiger charge is -2.19. The number of aromatic nitrogens is 2. The van der Waals surface area contributed by atoms with Crippen LogP contribution in [0.1, 0.15) is 36.5 Å². The third-order valence-electron chi connectivity index (χ3n) is 3.58. The van der Waals surface area contributed by atoms with Crippen molar-refractivity contribution >= 4 is 5.91 Å². The van der Waals surface area contributed by atoms with E-state index in [1.165, 1.54) is 0 Å². The highest BCUT2D eigenvalue weighted by atomic mass is 16.2. The van der Waals surface area contributed by atoms with E-state index in [4.69, 9.17) is 0 Å². The van der Waals surface area contributed by atoms with Gasteiger partial charge >= 0.3 is 0 Å². The van der Waals surface area contributed by atoms with Gasteiger partial charge in [-0.15, -0.1) is 0 Å². The molecule has 1 aromatic rings. The van der Waals surface area contributed by atoms with Gasteiger partial charge in [-0.05, 0) is 27.2 Å². The molecule has 104 valence electrons. The second-order valence-corrected chi connectivity index (χ2v) is 5.14. The normalized spacial score (nSPS) is 20.9. The Hall–Kier alpha value is -1.69. The summed E-state index contributed by atoms with van der Waals surface area (Å²) >= 11 is 0. The summed E-state index contributed by atoms with van der Waals surface area (Å²) in [7, 11) is 1.79. The molecule has 2 unspecified atom stereocenters. The molecule has 1 saturated heterocycles. The number of likely N-dealkylation sites (N-methyl/N-ethyl adjacent to an activating group) is 1. The minimum atomic E-state index is -0.208. The van der Waals surface area contributed by atoms with Crippen LogP contribution in [-0.2, 0) is 4.79 Å². The monoisotopic (exact) mass is 264 g/mol. The van der Waals surface area contributed by atoms with Crippen LogP contribution in [0.15, 0.2) is 4.79 Å². The Morgan fingerprint density at radius 2 is 2.11 bits per heavy atom. The second-order valence-electron chi connectivity index (χ2n) is 5.14. The molecule has 0 bridgehead atoms. The molecule has 1 aromatic heterocycles. The fourth-order valence-corrected chi connectivity index (χ4v) is 2.61. The van der Waals surface area contributed by atoms with Crippen molar-refractivity contribution in [2.75, 3.05) is 13.6 Å². The van der Waals surface area contributed by atoms with E-state index in [0.29, 0.717) is 17.1 Å². The van der Waals surface area contributed by atoms with Gasteiger partial charge in [-0.2, -0.15) is 0 Å². The molecule has 2 rings (SSSR count). The number of nitrogens with one attached hydrogen (secondary N) is 2. The van der Waals surface area contributed by atoms with Crippen molar-refractivity contribution in [2.24, 2.45) is 0 Å². The van der Waals surface area contributed by atoms with Gasteiger partial charge in [0.05, 0.1) is 11.6 Å². The van der Waals surface area contributed by atoms with E-state index < -0.39 is 0 Å². The Kier molecular flexibility index (Phi) is 3.71. The van der Waals surface area contributed by atoms with Crippen LogP contribution in [0.2, 0.25) is 0 Å². The number of nitrogens with zero attached hydrogens (tertiary/aromatic N) is 2. The smallest absolute Gasteiger partial charge is 0.255 e. The fraction of sp³-hybridized carbons (Fsp3) is 0.615. The fourth-order valence-electron chi connectivity index (χ4n) is 2.61. The van der Waals surface area contributed by atoms with Crippen molar-refractivity contribution in [1.29, 1.82) is 0 Å². The maximum Gasteiger partial charge on any atom is 0.255 e. The predicted octanol–water partition coefficient (Wildman–Crippen LogP) is 0.268. The van der Waals surface area contributed by atoms with Crippen molar-refractivity contribution in [3.05, 3.63) is 27.4 Å². The number of rotatable bonds is 3. The number of H-pyrrole nitrogens is 1. The Morgan fingerprint density at radius 1 is 1.42 bits per heavy atom. The van der Waals surface area contributed by atoms with Crippen LogP contribution in [0.5, 0.6) is 0 Å². The van der Waals surface area contributed by atoms with Gasteiger partial charge in [0.2, 0.25) is 5.91 Å². The molecule has 6 heteroatoms. The summed E-state index contributed by atoms with van der Waals surface area (Å²) in [5.41, 5.74) is 1.18. The Labute approximate surface area is 112 Å². The van der Waals surface area contributed by atoms with Crippen molar-refractivity contribution in [3.8, 4) is 0 Å². The molecule has 19 heavy (non-hydrogen) atoms. The van der Waals surface area contributed by atoms with E-state index >= 15 is 0 Å². The first-order valence-electron chi connectivity index (χ1n) is 6.48. The number of aromatic amines is 1. The van der Waals surface area contributed by atoms with Gasteiger partial charge in [0.15, 0.2) is 0 Å². The molecule has 1 aliphatic rings. The van der Waals surface area contributed by atoms with Gasteiger partial charge in [0.25, 0.3) is 5.56 Å². The average molecular weight is 264 g/mol. The number of amides is 1. The van der Waals surface area contributed by atoms with Crippen molar-refractivity contribution in [3.63, 3.8) is 0 Å². The molecule has 0 radical (unpaired) electrons. The Bertz CT molecular complexity index is 552. The average Bonchev–Trinajstić information content (AvgIpc) is 2.59. The van der Waals surface area contributed by atoms with Gasteiger partial charge in [0.1, 0.15) is 5.82 Å². The molecule has 1 fully saturated rings. The first kappa shape index (κ1) is 13.7. The quantitative estimate of drug-likeness (QED) is 0.821. The van der Waals surface area contributed by atoms with Crippen LogP contribution in [0.25, 0.3) is 0 Å². The maximum absolute atomic E-state index is 12.0. The summed E-state index contributed by atoms with van der Waals surface area (Å²) in [6, 6.07) is -0.405. The molecular weight excluding hydrogens is 244 g/mol. The van der Waals surface area contributed by atoms with E-state index in [1.807, 2.05) is 13.8 Å². The standard InChI is InChI=1S/C13H20N4O2/c1-7-11(12(18)16-9(3)14-7)8(2)15-10-5-6-17(4)13(10)19/h8,10,15H,5-6H2,1-4H3,(H,14,16,18). The van der Waals surface area contributed by atoms with E-state index in [0.717, 1.165) is 13.0 Å². The number of aryl methyl sites for hydroxylation is 2. The lowest BCUT2D eigenvalue weighted by Crippen LogP contribution is -2.40. The molecule has 0 aliphatic carbocycles. The van der Waals surface area contributed by atoms with E-state index in [9.17, 15) is 9.59 Å². The van der Waals surface area contributed by atoms with Gasteiger partial charge in [-0.3, -0.25) is 14.9 Å². The number of carbonyl (C=O) groups is 1. The maximum atomic E-state index is 12.0. The molecule has 2 heterocycles. The highest BCUT2D eigenvalue weighted by Gasteiger charge is 2.30. The zero-order valence-corrected chi connectivity index (χ0v) is 11.8. The Balaban J connectivity index is 2.19. The second kappa shape index (κ2) is 5.13. The molecule has 1 amide bonds. The largest absolute Gasteiger partial charge is 0.344 e. The molecule has 2 atom stereocenters. The summed E-state index contributed by atoms with van der Waals surface area (Å²) in [5.74, 6) is 0.691. The summed E-state index contributed by atoms with van der Waals surface area (Å²) < 4.78 is 0. The molecule has 1 aliphatic heterocycles. The minimum absolute atomic E-state index is 0.0843. The lowest BCUT2D eigenvalue weighted by atomic mass is 10.1. The molecule has 2 N–H and O–H groups in total. The zero-order chi connectivity index (χ0) is 14.2. The summed E-state index contributed by atoms with van der Waals surface area (Å²) in [5, 5.41) is 3.23.